The molecular formula is C19H15ClKN4OPS. The minimum Gasteiger partial charge on any atom is -0.480 e. The van der Waals surface area contributed by atoms with Gasteiger partial charge in [-0.25, -0.2) is 4.99 Å². The number of halogens is 1. The van der Waals surface area contributed by atoms with Crippen LogP contribution in [0, 0.1) is 6.07 Å². The van der Waals surface area contributed by atoms with Crippen molar-refractivity contribution in [3.63, 3.8) is 0 Å². The normalized spacial score (nSPS) is 13.7. The smallest absolute Gasteiger partial charge is 0.480 e. The first-order valence-electron chi connectivity index (χ1n) is 8.11. The van der Waals surface area contributed by atoms with E-state index in [0.29, 0.717) is 29.0 Å². The van der Waals surface area contributed by atoms with Gasteiger partial charge in [-0.05, 0) is 41.1 Å². The van der Waals surface area contributed by atoms with Crippen molar-refractivity contribution in [3.05, 3.63) is 71.5 Å². The minimum atomic E-state index is 0. The number of para-hydroxylation sites is 1. The van der Waals surface area contributed by atoms with Crippen molar-refractivity contribution < 1.29 is 56.1 Å². The number of nitrogens with zero attached hydrogens (tertiary/aromatic N) is 2. The van der Waals surface area contributed by atoms with E-state index in [0.717, 1.165) is 21.6 Å². The van der Waals surface area contributed by atoms with Crippen molar-refractivity contribution in [2.45, 2.75) is 11.4 Å². The Labute approximate surface area is 217 Å². The number of guanidine groups is 1. The maximum Gasteiger partial charge on any atom is 1.00 e. The third-order valence-corrected chi connectivity index (χ3v) is 5.48. The average Bonchev–Trinajstić information content (AvgIpc) is 2.69. The van der Waals surface area contributed by atoms with Crippen molar-refractivity contribution in [2.75, 3.05) is 5.32 Å². The van der Waals surface area contributed by atoms with Crippen LogP contribution in [-0.2, 0) is 6.54 Å². The molecule has 0 radical (unpaired) electrons. The Hall–Kier alpha value is -0.634. The van der Waals surface area contributed by atoms with Crippen molar-refractivity contribution >= 4 is 49.7 Å². The monoisotopic (exact) mass is 452 g/mol. The summed E-state index contributed by atoms with van der Waals surface area (Å²) in [5, 5.41) is 4.85. The predicted octanol–water partition coefficient (Wildman–Crippen LogP) is 1.41. The molecule has 0 saturated carbocycles. The summed E-state index contributed by atoms with van der Waals surface area (Å²) < 4.78 is 9.17. The van der Waals surface area contributed by atoms with Gasteiger partial charge in [0.15, 0.2) is 5.96 Å². The average molecular weight is 453 g/mol. The SMILES string of the molecule is Pc1cccnc1CN=C1NSc2cc[c-]c(Oc3ccccc3Cl)c2N1.[K+]. The molecular weight excluding hydrogens is 438 g/mol. The largest absolute Gasteiger partial charge is 1.00 e. The van der Waals surface area contributed by atoms with Gasteiger partial charge in [0.05, 0.1) is 17.3 Å². The Morgan fingerprint density at radius 3 is 2.89 bits per heavy atom. The van der Waals surface area contributed by atoms with E-state index >= 15 is 0 Å². The number of nitrogens with one attached hydrogen (secondary N) is 2. The fourth-order valence-electron chi connectivity index (χ4n) is 2.44. The topological polar surface area (TPSA) is 58.5 Å². The molecule has 4 rings (SSSR count). The number of hydrogen-bond donors (Lipinski definition) is 2. The third-order valence-electron chi connectivity index (χ3n) is 3.78. The number of hydrogen-bond acceptors (Lipinski definition) is 4. The van der Waals surface area contributed by atoms with Crippen molar-refractivity contribution in [1.82, 2.24) is 9.71 Å². The minimum absolute atomic E-state index is 0. The quantitative estimate of drug-likeness (QED) is 0.271. The fourth-order valence-corrected chi connectivity index (χ4v) is 3.59. The predicted molar refractivity (Wildman–Crippen MR) is 114 cm³/mol. The van der Waals surface area contributed by atoms with Gasteiger partial charge in [-0.2, -0.15) is 12.1 Å². The molecule has 3 aromatic rings. The summed E-state index contributed by atoms with van der Waals surface area (Å²) in [7, 11) is 2.68. The number of fused-ring (bicyclic) bond motifs is 1. The molecule has 1 atom stereocenters. The molecule has 0 bridgehead atoms. The van der Waals surface area contributed by atoms with Gasteiger partial charge in [0, 0.05) is 11.9 Å². The molecule has 5 nitrogen and oxygen atoms in total. The van der Waals surface area contributed by atoms with Crippen molar-refractivity contribution in [3.8, 4) is 11.5 Å². The molecule has 2 N–H and O–H groups in total. The van der Waals surface area contributed by atoms with Crippen LogP contribution in [-0.4, -0.2) is 10.9 Å². The summed E-state index contributed by atoms with van der Waals surface area (Å²) in [6.07, 6.45) is 1.76. The standard InChI is InChI=1S/C19H15ClN4OPS.K/c20-12-5-1-2-6-14(12)25-15-7-3-9-17-18(15)23-19(24-27-17)22-11-13-16(26)8-4-10-21-13;/h1-6,8-10H,11,26H2,(H2,22,23,24);/q-1;+1. The van der Waals surface area contributed by atoms with E-state index in [-0.39, 0.29) is 51.4 Å². The molecule has 2 heterocycles. The Morgan fingerprint density at radius 2 is 2.07 bits per heavy atom. The Kier molecular flexibility index (Phi) is 8.20. The zero-order valence-corrected chi connectivity index (χ0v) is 20.9. The van der Waals surface area contributed by atoms with Crippen molar-refractivity contribution in [1.29, 1.82) is 0 Å². The molecule has 0 saturated heterocycles. The molecule has 0 spiro atoms. The van der Waals surface area contributed by atoms with Crippen LogP contribution in [0.15, 0.2) is 64.6 Å². The summed E-state index contributed by atoms with van der Waals surface area (Å²) in [4.78, 5) is 9.92. The fraction of sp³-hybridized carbons (Fsp3) is 0.0526. The van der Waals surface area contributed by atoms with E-state index in [1.54, 1.807) is 12.3 Å². The Balaban J connectivity index is 0.00000225. The number of aliphatic imine (C=N–C) groups is 1. The van der Waals surface area contributed by atoms with Crippen LogP contribution in [0.1, 0.15) is 5.69 Å². The van der Waals surface area contributed by atoms with Gasteiger partial charge < -0.3 is 10.1 Å². The van der Waals surface area contributed by atoms with Gasteiger partial charge in [-0.15, -0.1) is 15.3 Å². The first-order valence-corrected chi connectivity index (χ1v) is 9.88. The van der Waals surface area contributed by atoms with Crippen LogP contribution in [0.2, 0.25) is 5.02 Å². The third kappa shape index (κ3) is 5.29. The summed E-state index contributed by atoms with van der Waals surface area (Å²) in [5.41, 5.74) is 1.70. The van der Waals surface area contributed by atoms with E-state index in [9.17, 15) is 0 Å². The zero-order valence-electron chi connectivity index (χ0n) is 15.1. The van der Waals surface area contributed by atoms with Gasteiger partial charge in [0.2, 0.25) is 0 Å². The first kappa shape index (κ1) is 22.1. The molecule has 1 unspecified atom stereocenters. The molecule has 9 heteroatoms. The second-order valence-electron chi connectivity index (χ2n) is 5.61. The van der Waals surface area contributed by atoms with Crippen LogP contribution in [0.5, 0.6) is 11.5 Å². The van der Waals surface area contributed by atoms with Gasteiger partial charge in [-0.3, -0.25) is 9.71 Å². The number of rotatable bonds is 4. The summed E-state index contributed by atoms with van der Waals surface area (Å²) >= 11 is 7.67. The van der Waals surface area contributed by atoms with Crippen LogP contribution in [0.25, 0.3) is 0 Å². The first-order chi connectivity index (χ1) is 13.2. The van der Waals surface area contributed by atoms with Gasteiger partial charge in [-0.1, -0.05) is 34.7 Å². The summed E-state index contributed by atoms with van der Waals surface area (Å²) in [6.45, 7) is 0.460. The summed E-state index contributed by atoms with van der Waals surface area (Å²) in [5.74, 6) is 1.77. The molecule has 1 aromatic heterocycles. The Morgan fingerprint density at radius 1 is 1.21 bits per heavy atom. The van der Waals surface area contributed by atoms with Gasteiger partial charge in [0.1, 0.15) is 5.75 Å². The summed E-state index contributed by atoms with van der Waals surface area (Å²) in [6, 6.07) is 18.1. The number of aromatic nitrogens is 1. The number of anilines is 1. The van der Waals surface area contributed by atoms with E-state index in [1.807, 2.05) is 42.5 Å². The second-order valence-corrected chi connectivity index (χ2v) is 7.49. The number of pyridine rings is 1. The van der Waals surface area contributed by atoms with Gasteiger partial charge in [0.25, 0.3) is 0 Å². The second kappa shape index (κ2) is 10.4. The molecule has 0 amide bonds. The molecule has 136 valence electrons. The Bertz CT molecular complexity index is 1020. The molecule has 0 fully saturated rings. The van der Waals surface area contributed by atoms with E-state index in [2.05, 4.69) is 35.3 Å². The molecule has 0 aliphatic carbocycles. The zero-order chi connectivity index (χ0) is 18.6. The number of ether oxygens (including phenoxy) is 1. The molecule has 1 aliphatic rings. The molecule has 2 aromatic carbocycles. The van der Waals surface area contributed by atoms with Crippen LogP contribution >= 0.6 is 32.8 Å². The maximum absolute atomic E-state index is 6.21. The van der Waals surface area contributed by atoms with E-state index in [1.165, 1.54) is 11.9 Å². The van der Waals surface area contributed by atoms with Crippen LogP contribution < -0.4 is 71.5 Å². The molecule has 1 aliphatic heterocycles. The number of benzene rings is 2. The van der Waals surface area contributed by atoms with Crippen LogP contribution in [0.3, 0.4) is 0 Å². The van der Waals surface area contributed by atoms with Gasteiger partial charge >= 0.3 is 51.4 Å². The van der Waals surface area contributed by atoms with Crippen molar-refractivity contribution in [2.24, 2.45) is 4.99 Å². The van der Waals surface area contributed by atoms with E-state index in [4.69, 9.17) is 16.3 Å². The van der Waals surface area contributed by atoms with Crippen LogP contribution in [0.4, 0.5) is 5.69 Å². The van der Waals surface area contributed by atoms with E-state index < -0.39 is 0 Å². The molecule has 28 heavy (non-hydrogen) atoms. The maximum atomic E-state index is 6.21.